The molecule has 2 N–H and O–H groups in total. The van der Waals surface area contributed by atoms with Crippen LogP contribution in [-0.2, 0) is 11.3 Å². The van der Waals surface area contributed by atoms with Crippen LogP contribution in [0.1, 0.15) is 22.7 Å². The van der Waals surface area contributed by atoms with Gasteiger partial charge in [0, 0.05) is 36.4 Å². The van der Waals surface area contributed by atoms with Gasteiger partial charge in [-0.2, -0.15) is 0 Å². The summed E-state index contributed by atoms with van der Waals surface area (Å²) in [7, 11) is 1.82. The van der Waals surface area contributed by atoms with Crippen molar-refractivity contribution < 1.29 is 4.74 Å². The fourth-order valence-electron chi connectivity index (χ4n) is 3.02. The molecule has 0 amide bonds. The van der Waals surface area contributed by atoms with E-state index < -0.39 is 0 Å². The second-order valence-corrected chi connectivity index (χ2v) is 8.11. The van der Waals surface area contributed by atoms with Crippen LogP contribution in [-0.4, -0.2) is 50.3 Å². The summed E-state index contributed by atoms with van der Waals surface area (Å²) in [5.74, 6) is 0.844. The highest BCUT2D eigenvalue weighted by atomic mass is 127. The maximum absolute atomic E-state index is 5.71. The van der Waals surface area contributed by atoms with Crippen molar-refractivity contribution in [1.29, 1.82) is 0 Å². The predicted octanol–water partition coefficient (Wildman–Crippen LogP) is 3.55. The summed E-state index contributed by atoms with van der Waals surface area (Å²) >= 11 is 3.57. The van der Waals surface area contributed by atoms with E-state index in [0.717, 1.165) is 38.7 Å². The van der Waals surface area contributed by atoms with Crippen LogP contribution in [0.3, 0.4) is 0 Å². The van der Waals surface area contributed by atoms with Gasteiger partial charge in [0.05, 0.1) is 25.3 Å². The molecular formula is C18H27IN4OS2. The van der Waals surface area contributed by atoms with Crippen LogP contribution in [0.4, 0.5) is 0 Å². The van der Waals surface area contributed by atoms with E-state index in [1.807, 2.05) is 18.4 Å². The van der Waals surface area contributed by atoms with Crippen molar-refractivity contribution in [2.24, 2.45) is 4.99 Å². The number of thiophene rings is 2. The number of aliphatic imine (C=N–C) groups is 1. The van der Waals surface area contributed by atoms with Gasteiger partial charge in [0.1, 0.15) is 0 Å². The molecule has 0 radical (unpaired) electrons. The zero-order valence-corrected chi connectivity index (χ0v) is 19.1. The summed E-state index contributed by atoms with van der Waals surface area (Å²) in [5.41, 5.74) is 0. The Kier molecular flexibility index (Phi) is 9.34. The molecule has 3 rings (SSSR count). The molecular weight excluding hydrogens is 479 g/mol. The Morgan fingerprint density at radius 1 is 1.31 bits per heavy atom. The molecule has 2 unspecified atom stereocenters. The Bertz CT molecular complexity index is 648. The summed E-state index contributed by atoms with van der Waals surface area (Å²) in [6, 6.07) is 8.89. The molecule has 2 aromatic heterocycles. The monoisotopic (exact) mass is 506 g/mol. The average Bonchev–Trinajstić information content (AvgIpc) is 3.32. The van der Waals surface area contributed by atoms with E-state index >= 15 is 0 Å². The molecule has 26 heavy (non-hydrogen) atoms. The van der Waals surface area contributed by atoms with Crippen molar-refractivity contribution in [1.82, 2.24) is 15.5 Å². The number of morpholine rings is 1. The van der Waals surface area contributed by atoms with Crippen LogP contribution in [0.2, 0.25) is 0 Å². The molecule has 2 aromatic rings. The Morgan fingerprint density at radius 3 is 2.77 bits per heavy atom. The quantitative estimate of drug-likeness (QED) is 0.358. The highest BCUT2D eigenvalue weighted by Crippen LogP contribution is 2.26. The molecule has 0 aromatic carbocycles. The van der Waals surface area contributed by atoms with Gasteiger partial charge in [0.15, 0.2) is 5.96 Å². The number of ether oxygens (including phenoxy) is 1. The number of guanidine groups is 1. The first kappa shape index (κ1) is 21.6. The Hall–Kier alpha value is -0.680. The summed E-state index contributed by atoms with van der Waals surface area (Å²) in [4.78, 5) is 9.56. The Labute approximate surface area is 180 Å². The normalized spacial score (nSPS) is 19.6. The second-order valence-electron chi connectivity index (χ2n) is 6.09. The fourth-order valence-corrected chi connectivity index (χ4v) is 4.52. The van der Waals surface area contributed by atoms with Crippen molar-refractivity contribution in [2.45, 2.75) is 25.6 Å². The van der Waals surface area contributed by atoms with Gasteiger partial charge in [0.25, 0.3) is 0 Å². The smallest absolute Gasteiger partial charge is 0.191 e. The minimum absolute atomic E-state index is 0. The van der Waals surface area contributed by atoms with Gasteiger partial charge in [-0.1, -0.05) is 12.1 Å². The van der Waals surface area contributed by atoms with Gasteiger partial charge < -0.3 is 15.4 Å². The highest BCUT2D eigenvalue weighted by Gasteiger charge is 2.26. The van der Waals surface area contributed by atoms with Crippen molar-refractivity contribution in [3.05, 3.63) is 44.8 Å². The summed E-state index contributed by atoms with van der Waals surface area (Å²) in [6.45, 7) is 6.51. The van der Waals surface area contributed by atoms with Gasteiger partial charge in [-0.25, -0.2) is 0 Å². The van der Waals surface area contributed by atoms with Gasteiger partial charge in [0.2, 0.25) is 0 Å². The first-order valence-corrected chi connectivity index (χ1v) is 10.4. The van der Waals surface area contributed by atoms with Crippen molar-refractivity contribution in [2.75, 3.05) is 33.3 Å². The molecule has 1 aliphatic rings. The van der Waals surface area contributed by atoms with Gasteiger partial charge in [-0.3, -0.25) is 9.89 Å². The highest BCUT2D eigenvalue weighted by molar-refractivity contribution is 14.0. The molecule has 1 saturated heterocycles. The van der Waals surface area contributed by atoms with Gasteiger partial charge in [-0.15, -0.1) is 46.7 Å². The lowest BCUT2D eigenvalue weighted by Crippen LogP contribution is -2.47. The van der Waals surface area contributed by atoms with E-state index in [4.69, 9.17) is 4.74 Å². The van der Waals surface area contributed by atoms with E-state index in [1.54, 1.807) is 11.3 Å². The van der Waals surface area contributed by atoms with Crippen LogP contribution in [0, 0.1) is 0 Å². The third-order valence-corrected chi connectivity index (χ3v) is 6.13. The van der Waals surface area contributed by atoms with Crippen LogP contribution < -0.4 is 10.6 Å². The minimum atomic E-state index is 0. The number of halogens is 1. The molecule has 0 aliphatic carbocycles. The number of hydrogen-bond acceptors (Lipinski definition) is 5. The zero-order chi connectivity index (χ0) is 17.5. The lowest BCUT2D eigenvalue weighted by molar-refractivity contribution is -0.0334. The van der Waals surface area contributed by atoms with Crippen molar-refractivity contribution >= 4 is 52.6 Å². The summed E-state index contributed by atoms with van der Waals surface area (Å²) in [5, 5.41) is 11.1. The Morgan fingerprint density at radius 2 is 2.12 bits per heavy atom. The van der Waals surface area contributed by atoms with E-state index in [-0.39, 0.29) is 30.1 Å². The lowest BCUT2D eigenvalue weighted by atomic mass is 10.1. The van der Waals surface area contributed by atoms with Gasteiger partial charge >= 0.3 is 0 Å². The average molecular weight is 506 g/mol. The standard InChI is InChI=1S/C18H26N4OS2.HI/c1-14-13-22(7-8-23-14)16(17-6-4-10-25-17)12-21-18(19-2)20-11-15-5-3-9-24-15;/h3-6,9-10,14,16H,7-8,11-13H2,1-2H3,(H2,19,20,21);1H. The molecule has 1 fully saturated rings. The maximum atomic E-state index is 5.71. The number of nitrogens with one attached hydrogen (secondary N) is 2. The molecule has 0 bridgehead atoms. The van der Waals surface area contributed by atoms with Crippen LogP contribution in [0.25, 0.3) is 0 Å². The topological polar surface area (TPSA) is 48.9 Å². The van der Waals surface area contributed by atoms with Gasteiger partial charge in [-0.05, 0) is 29.8 Å². The van der Waals surface area contributed by atoms with Crippen LogP contribution >= 0.6 is 46.7 Å². The molecule has 3 heterocycles. The van der Waals surface area contributed by atoms with E-state index in [9.17, 15) is 0 Å². The van der Waals surface area contributed by atoms with E-state index in [1.165, 1.54) is 9.75 Å². The predicted molar refractivity (Wildman–Crippen MR) is 122 cm³/mol. The second kappa shape index (κ2) is 11.2. The molecule has 0 saturated carbocycles. The number of nitrogens with zero attached hydrogens (tertiary/aromatic N) is 2. The lowest BCUT2D eigenvalue weighted by Gasteiger charge is -2.37. The number of rotatable bonds is 6. The number of hydrogen-bond donors (Lipinski definition) is 2. The molecule has 5 nitrogen and oxygen atoms in total. The maximum Gasteiger partial charge on any atom is 0.191 e. The summed E-state index contributed by atoms with van der Waals surface area (Å²) in [6.07, 6.45) is 0.285. The van der Waals surface area contributed by atoms with E-state index in [2.05, 4.69) is 62.5 Å². The molecule has 2 atom stereocenters. The fraction of sp³-hybridized carbons (Fsp3) is 0.500. The largest absolute Gasteiger partial charge is 0.376 e. The first-order valence-electron chi connectivity index (χ1n) is 8.62. The van der Waals surface area contributed by atoms with E-state index in [0.29, 0.717) is 6.04 Å². The summed E-state index contributed by atoms with van der Waals surface area (Å²) < 4.78 is 5.71. The van der Waals surface area contributed by atoms with Crippen LogP contribution in [0.15, 0.2) is 40.0 Å². The van der Waals surface area contributed by atoms with Crippen molar-refractivity contribution in [3.8, 4) is 0 Å². The van der Waals surface area contributed by atoms with Crippen LogP contribution in [0.5, 0.6) is 0 Å². The Balaban J connectivity index is 0.00000243. The molecule has 8 heteroatoms. The zero-order valence-electron chi connectivity index (χ0n) is 15.2. The first-order chi connectivity index (χ1) is 12.3. The SMILES string of the molecule is CN=C(NCc1cccs1)NCC(c1cccs1)N1CCOC(C)C1.I. The minimum Gasteiger partial charge on any atom is -0.376 e. The third-order valence-electron chi connectivity index (χ3n) is 4.28. The third kappa shape index (κ3) is 6.19. The van der Waals surface area contributed by atoms with Crippen molar-refractivity contribution in [3.63, 3.8) is 0 Å². The molecule has 0 spiro atoms. The molecule has 144 valence electrons. The molecule has 1 aliphatic heterocycles.